The summed E-state index contributed by atoms with van der Waals surface area (Å²) in [5.41, 5.74) is 2.71. The number of rotatable bonds is 6. The zero-order chi connectivity index (χ0) is 22.6. The number of amides is 1. The summed E-state index contributed by atoms with van der Waals surface area (Å²) in [4.78, 5) is 17.2. The Morgan fingerprint density at radius 1 is 1.06 bits per heavy atom. The summed E-state index contributed by atoms with van der Waals surface area (Å²) in [5, 5.41) is 10.8. The van der Waals surface area contributed by atoms with Crippen LogP contribution in [-0.4, -0.2) is 27.6 Å². The molecule has 1 amide bonds. The summed E-state index contributed by atoms with van der Waals surface area (Å²) in [5.74, 6) is -0.148. The molecule has 9 heteroatoms. The van der Waals surface area contributed by atoms with Gasteiger partial charge in [0.05, 0.1) is 5.56 Å². The van der Waals surface area contributed by atoms with Crippen LogP contribution in [-0.2, 0) is 12.6 Å². The SMILES string of the molecule is Cc1ccc(CCNC(=O)c2nc(C)nnc2Sc2cccc(C(F)(F)F)c2)c(C)c1. The zero-order valence-corrected chi connectivity index (χ0v) is 18.1. The third-order valence-corrected chi connectivity index (χ3v) is 5.49. The molecule has 0 fully saturated rings. The molecule has 0 atom stereocenters. The molecule has 0 radical (unpaired) electrons. The Labute approximate surface area is 182 Å². The first-order valence-corrected chi connectivity index (χ1v) is 10.4. The van der Waals surface area contributed by atoms with Crippen molar-refractivity contribution in [3.05, 3.63) is 76.2 Å². The molecule has 2 aromatic carbocycles. The summed E-state index contributed by atoms with van der Waals surface area (Å²) in [6.45, 7) is 6.02. The molecule has 162 valence electrons. The van der Waals surface area contributed by atoms with Gasteiger partial charge in [0.1, 0.15) is 5.82 Å². The summed E-state index contributed by atoms with van der Waals surface area (Å²) in [6, 6.07) is 11.0. The molecule has 0 aliphatic carbocycles. The van der Waals surface area contributed by atoms with Gasteiger partial charge in [-0.25, -0.2) is 4.98 Å². The molecule has 0 spiro atoms. The second kappa shape index (κ2) is 9.47. The van der Waals surface area contributed by atoms with Crippen LogP contribution >= 0.6 is 11.8 Å². The number of hydrogen-bond acceptors (Lipinski definition) is 5. The first kappa shape index (κ1) is 22.7. The monoisotopic (exact) mass is 446 g/mol. The van der Waals surface area contributed by atoms with Gasteiger partial charge in [-0.3, -0.25) is 4.79 Å². The Balaban J connectivity index is 1.74. The van der Waals surface area contributed by atoms with Crippen molar-refractivity contribution in [2.24, 2.45) is 0 Å². The summed E-state index contributed by atoms with van der Waals surface area (Å²) in [7, 11) is 0. The maximum Gasteiger partial charge on any atom is 0.416 e. The number of aryl methyl sites for hydroxylation is 3. The average molecular weight is 446 g/mol. The average Bonchev–Trinajstić information content (AvgIpc) is 2.70. The van der Waals surface area contributed by atoms with E-state index in [1.165, 1.54) is 17.7 Å². The molecule has 0 saturated carbocycles. The highest BCUT2D eigenvalue weighted by Crippen LogP contribution is 2.34. The molecular formula is C22H21F3N4OS. The maximum atomic E-state index is 13.0. The smallest absolute Gasteiger partial charge is 0.350 e. The van der Waals surface area contributed by atoms with E-state index in [0.717, 1.165) is 35.0 Å². The number of alkyl halides is 3. The van der Waals surface area contributed by atoms with E-state index < -0.39 is 17.6 Å². The van der Waals surface area contributed by atoms with Gasteiger partial charge >= 0.3 is 6.18 Å². The molecule has 0 aliphatic rings. The fourth-order valence-corrected chi connectivity index (χ4v) is 3.85. The molecule has 0 unspecified atom stereocenters. The van der Waals surface area contributed by atoms with Gasteiger partial charge in [0, 0.05) is 11.4 Å². The van der Waals surface area contributed by atoms with Crippen LogP contribution in [0.5, 0.6) is 0 Å². The standard InChI is InChI=1S/C22H21F3N4OS/c1-13-7-8-16(14(2)11-13)9-10-26-20(30)19-21(29-28-15(3)27-19)31-18-6-4-5-17(12-18)22(23,24)25/h4-8,11-12H,9-10H2,1-3H3,(H,26,30). The van der Waals surface area contributed by atoms with Crippen LogP contribution in [0.1, 0.15) is 38.6 Å². The van der Waals surface area contributed by atoms with E-state index in [1.807, 2.05) is 26.0 Å². The lowest BCUT2D eigenvalue weighted by atomic mass is 10.0. The first-order chi connectivity index (χ1) is 14.6. The second-order valence-corrected chi connectivity index (χ2v) is 8.14. The topological polar surface area (TPSA) is 67.8 Å². The van der Waals surface area contributed by atoms with Gasteiger partial charge < -0.3 is 5.32 Å². The van der Waals surface area contributed by atoms with E-state index in [1.54, 1.807) is 6.92 Å². The number of aromatic nitrogens is 3. The van der Waals surface area contributed by atoms with Gasteiger partial charge in [0.2, 0.25) is 0 Å². The number of hydrogen-bond donors (Lipinski definition) is 1. The molecule has 3 rings (SSSR count). The van der Waals surface area contributed by atoms with Gasteiger partial charge in [-0.1, -0.05) is 41.6 Å². The number of carbonyl (C=O) groups excluding carboxylic acids is 1. The molecule has 31 heavy (non-hydrogen) atoms. The third kappa shape index (κ3) is 6.04. The number of nitrogens with one attached hydrogen (secondary N) is 1. The Morgan fingerprint density at radius 2 is 1.84 bits per heavy atom. The van der Waals surface area contributed by atoms with Gasteiger partial charge in [-0.15, -0.1) is 10.2 Å². The van der Waals surface area contributed by atoms with E-state index in [-0.39, 0.29) is 10.7 Å². The summed E-state index contributed by atoms with van der Waals surface area (Å²) < 4.78 is 38.9. The van der Waals surface area contributed by atoms with Crippen molar-refractivity contribution >= 4 is 17.7 Å². The van der Waals surface area contributed by atoms with Crippen LogP contribution in [0.4, 0.5) is 13.2 Å². The van der Waals surface area contributed by atoms with Gasteiger partial charge in [0.25, 0.3) is 5.91 Å². The molecule has 0 bridgehead atoms. The minimum Gasteiger partial charge on any atom is -0.350 e. The van der Waals surface area contributed by atoms with Crippen molar-refractivity contribution in [1.82, 2.24) is 20.5 Å². The zero-order valence-electron chi connectivity index (χ0n) is 17.2. The fourth-order valence-electron chi connectivity index (χ4n) is 2.98. The largest absolute Gasteiger partial charge is 0.416 e. The molecule has 5 nitrogen and oxygen atoms in total. The number of carbonyl (C=O) groups is 1. The predicted octanol–water partition coefficient (Wildman–Crippen LogP) is 4.94. The number of benzene rings is 2. The van der Waals surface area contributed by atoms with Crippen molar-refractivity contribution in [3.63, 3.8) is 0 Å². The molecule has 1 N–H and O–H groups in total. The lowest BCUT2D eigenvalue weighted by Gasteiger charge is -2.11. The highest BCUT2D eigenvalue weighted by molar-refractivity contribution is 7.99. The molecule has 1 heterocycles. The van der Waals surface area contributed by atoms with Gasteiger partial charge in [-0.2, -0.15) is 13.2 Å². The number of halogens is 3. The van der Waals surface area contributed by atoms with Crippen molar-refractivity contribution in [1.29, 1.82) is 0 Å². The molecular weight excluding hydrogens is 425 g/mol. The normalized spacial score (nSPS) is 11.4. The molecule has 1 aromatic heterocycles. The molecule has 0 aliphatic heterocycles. The fraction of sp³-hybridized carbons (Fsp3) is 0.273. The maximum absolute atomic E-state index is 13.0. The van der Waals surface area contributed by atoms with Crippen LogP contribution in [0, 0.1) is 20.8 Å². The second-order valence-electron chi connectivity index (χ2n) is 7.08. The van der Waals surface area contributed by atoms with E-state index >= 15 is 0 Å². The van der Waals surface area contributed by atoms with Crippen molar-refractivity contribution in [3.8, 4) is 0 Å². The Morgan fingerprint density at radius 3 is 2.55 bits per heavy atom. The predicted molar refractivity (Wildman–Crippen MR) is 112 cm³/mol. The minimum absolute atomic E-state index is 0.0375. The minimum atomic E-state index is -4.46. The highest BCUT2D eigenvalue weighted by Gasteiger charge is 2.30. The van der Waals surface area contributed by atoms with Crippen molar-refractivity contribution < 1.29 is 18.0 Å². The molecule has 0 saturated heterocycles. The van der Waals surface area contributed by atoms with Crippen LogP contribution < -0.4 is 5.32 Å². The van der Waals surface area contributed by atoms with Crippen LogP contribution in [0.15, 0.2) is 52.4 Å². The number of nitrogens with zero attached hydrogens (tertiary/aromatic N) is 3. The van der Waals surface area contributed by atoms with E-state index in [9.17, 15) is 18.0 Å². The summed E-state index contributed by atoms with van der Waals surface area (Å²) >= 11 is 0.918. The van der Waals surface area contributed by atoms with Crippen LogP contribution in [0.2, 0.25) is 0 Å². The quantitative estimate of drug-likeness (QED) is 0.581. The Bertz CT molecular complexity index is 1100. The van der Waals surface area contributed by atoms with Crippen molar-refractivity contribution in [2.45, 2.75) is 43.3 Å². The lowest BCUT2D eigenvalue weighted by molar-refractivity contribution is -0.137. The van der Waals surface area contributed by atoms with Crippen LogP contribution in [0.3, 0.4) is 0 Å². The third-order valence-electron chi connectivity index (χ3n) is 4.53. The molecule has 3 aromatic rings. The first-order valence-electron chi connectivity index (χ1n) is 9.54. The Hall–Kier alpha value is -2.94. The Kier molecular flexibility index (Phi) is 6.94. The highest BCUT2D eigenvalue weighted by atomic mass is 32.2. The van der Waals surface area contributed by atoms with Gasteiger partial charge in [-0.05, 0) is 56.5 Å². The van der Waals surface area contributed by atoms with Crippen LogP contribution in [0.25, 0.3) is 0 Å². The summed E-state index contributed by atoms with van der Waals surface area (Å²) in [6.07, 6.45) is -3.81. The van der Waals surface area contributed by atoms with Gasteiger partial charge in [0.15, 0.2) is 10.7 Å². The lowest BCUT2D eigenvalue weighted by Crippen LogP contribution is -2.28. The van der Waals surface area contributed by atoms with E-state index in [2.05, 4.69) is 26.6 Å². The van der Waals surface area contributed by atoms with E-state index in [4.69, 9.17) is 0 Å². The van der Waals surface area contributed by atoms with Crippen molar-refractivity contribution in [2.75, 3.05) is 6.54 Å². The van der Waals surface area contributed by atoms with E-state index in [0.29, 0.717) is 23.7 Å².